The van der Waals surface area contributed by atoms with Crippen molar-refractivity contribution in [2.75, 3.05) is 26.8 Å². The quantitative estimate of drug-likeness (QED) is 0.0624. The number of benzene rings is 6. The van der Waals surface area contributed by atoms with Crippen molar-refractivity contribution in [2.24, 2.45) is 0 Å². The van der Waals surface area contributed by atoms with E-state index in [4.69, 9.17) is 18.9 Å². The second-order valence-corrected chi connectivity index (χ2v) is 53.6. The zero-order valence-electron chi connectivity index (χ0n) is 61.7. The molecule has 0 bridgehead atoms. The van der Waals surface area contributed by atoms with Crippen LogP contribution in [0, 0.1) is 17.4 Å². The molecule has 2 N–H and O–H groups in total. The van der Waals surface area contributed by atoms with Crippen LogP contribution in [0.5, 0.6) is 11.5 Å². The minimum Gasteiger partial charge on any atom is -0.464 e. The molecule has 2 unspecified atom stereocenters. The number of nitrogens with zero attached hydrogens (tertiary/aromatic N) is 1. The number of H-pyrrole nitrogens is 1. The van der Waals surface area contributed by atoms with E-state index in [2.05, 4.69) is 298 Å². The van der Waals surface area contributed by atoms with Crippen LogP contribution in [0.3, 0.4) is 0 Å². The van der Waals surface area contributed by atoms with E-state index < -0.39 is 32.3 Å². The van der Waals surface area contributed by atoms with Crippen molar-refractivity contribution in [1.29, 1.82) is 0 Å². The molecule has 0 amide bonds. The van der Waals surface area contributed by atoms with E-state index in [1.54, 1.807) is 20.7 Å². The van der Waals surface area contributed by atoms with Crippen molar-refractivity contribution in [3.8, 4) is 17.2 Å². The topological polar surface area (TPSA) is 69.7 Å². The Morgan fingerprint density at radius 3 is 1.14 bits per heavy atom. The van der Waals surface area contributed by atoms with E-state index in [9.17, 15) is 0 Å². The molecule has 12 heteroatoms. The van der Waals surface area contributed by atoms with Crippen LogP contribution in [0.25, 0.3) is 49.3 Å². The Morgan fingerprint density at radius 1 is 0.467 bits per heavy atom. The average molecular weight is 1430 g/mol. The van der Waals surface area contributed by atoms with Crippen LogP contribution in [-0.4, -0.2) is 81.2 Å². The fraction of sp³-hybridized carbons (Fsp3) is 0.550. The third-order valence-corrected chi connectivity index (χ3v) is 49.4. The Labute approximate surface area is 576 Å². The summed E-state index contributed by atoms with van der Waals surface area (Å²) in [7, 11) is -4.61. The van der Waals surface area contributed by atoms with Gasteiger partial charge in [0.2, 0.25) is 0 Å². The molecule has 2 saturated heterocycles. The number of aromatic nitrogens is 2. The molecule has 2 atom stereocenters. The summed E-state index contributed by atoms with van der Waals surface area (Å²) in [5, 5.41) is 14.7. The van der Waals surface area contributed by atoms with E-state index in [0.717, 1.165) is 94.8 Å². The SMILES string of the molecule is CC(C)[Si](C)(c1ccc2c(c1)[nH]c1cc([Si](C)(C(C)C)C(C)C)ccc12)C(C)C.CCCNC.Cc1ccc(OC2CCCCO2)c(-n2c3cc([Si](C)(C(C)C)C(C)C)ccc3c3ccc([Si](C)(C(C)C)C(C)C)cc32)c1.Cc1ccc(OC2CCCCO2)c(I)c1. The highest BCUT2D eigenvalue weighted by Crippen LogP contribution is 2.42. The van der Waals surface area contributed by atoms with E-state index in [0.29, 0.717) is 22.2 Å². The van der Waals surface area contributed by atoms with Gasteiger partial charge >= 0.3 is 0 Å². The van der Waals surface area contributed by atoms with Crippen molar-refractivity contribution in [1.82, 2.24) is 14.9 Å². The van der Waals surface area contributed by atoms with Gasteiger partial charge in [0, 0.05) is 45.4 Å². The van der Waals surface area contributed by atoms with E-state index in [1.807, 2.05) is 13.1 Å². The molecule has 0 radical (unpaired) electrons. The lowest BCUT2D eigenvalue weighted by Gasteiger charge is -2.36. The third kappa shape index (κ3) is 16.2. The number of aromatic amines is 1. The number of nitrogens with one attached hydrogen (secondary N) is 2. The number of hydrogen-bond acceptors (Lipinski definition) is 5. The number of ether oxygens (including phenoxy) is 4. The zero-order valence-corrected chi connectivity index (χ0v) is 67.9. The Morgan fingerprint density at radius 2 is 0.815 bits per heavy atom. The second-order valence-electron chi connectivity index (χ2n) is 30.6. The van der Waals surface area contributed by atoms with Crippen molar-refractivity contribution < 1.29 is 18.9 Å². The minimum absolute atomic E-state index is 0.0463. The molecule has 4 heterocycles. The second kappa shape index (κ2) is 32.4. The largest absolute Gasteiger partial charge is 0.464 e. The van der Waals surface area contributed by atoms with E-state index in [-0.39, 0.29) is 12.6 Å². The van der Waals surface area contributed by atoms with Crippen LogP contribution in [0.4, 0.5) is 0 Å². The molecule has 504 valence electrons. The molecule has 7 nitrogen and oxygen atoms in total. The summed E-state index contributed by atoms with van der Waals surface area (Å²) in [5.41, 5.74) is 14.4. The molecule has 0 spiro atoms. The fourth-order valence-electron chi connectivity index (χ4n) is 14.6. The Hall–Kier alpha value is -4.00. The first-order chi connectivity index (χ1) is 43.4. The van der Waals surface area contributed by atoms with Crippen LogP contribution in [0.1, 0.15) is 174 Å². The van der Waals surface area contributed by atoms with Gasteiger partial charge in [-0.3, -0.25) is 0 Å². The Balaban J connectivity index is 0.000000209. The molecule has 10 rings (SSSR count). The molecule has 2 aromatic heterocycles. The van der Waals surface area contributed by atoms with Gasteiger partial charge in [0.05, 0.1) is 65.8 Å². The van der Waals surface area contributed by atoms with Crippen LogP contribution in [-0.2, 0) is 9.47 Å². The predicted molar refractivity (Wildman–Crippen MR) is 424 cm³/mol. The van der Waals surface area contributed by atoms with E-state index in [1.165, 1.54) is 67.6 Å². The molecule has 8 aromatic rings. The molecule has 6 aromatic carbocycles. The van der Waals surface area contributed by atoms with Gasteiger partial charge in [0.25, 0.3) is 0 Å². The van der Waals surface area contributed by atoms with Crippen molar-refractivity contribution in [3.05, 3.63) is 124 Å². The third-order valence-electron chi connectivity index (χ3n) is 23.2. The minimum atomic E-state index is -1.76. The molecule has 0 aliphatic carbocycles. The monoisotopic (exact) mass is 1430 g/mol. The normalized spacial score (nSPS) is 16.1. The lowest BCUT2D eigenvalue weighted by atomic mass is 10.1. The van der Waals surface area contributed by atoms with E-state index >= 15 is 0 Å². The molecule has 0 saturated carbocycles. The molecular formula is C80H122IN3O4Si4. The number of halogens is 1. The molecule has 92 heavy (non-hydrogen) atoms. The highest BCUT2D eigenvalue weighted by atomic mass is 127. The Bertz CT molecular complexity index is 3480. The van der Waals surface area contributed by atoms with Crippen LogP contribution < -0.4 is 35.5 Å². The van der Waals surface area contributed by atoms with Gasteiger partial charge in [-0.25, -0.2) is 0 Å². The van der Waals surface area contributed by atoms with Crippen molar-refractivity contribution in [3.63, 3.8) is 0 Å². The smallest absolute Gasteiger partial charge is 0.199 e. The van der Waals surface area contributed by atoms with Gasteiger partial charge in [-0.15, -0.1) is 0 Å². The highest BCUT2D eigenvalue weighted by molar-refractivity contribution is 14.1. The zero-order chi connectivity index (χ0) is 67.8. The molecule has 2 aliphatic heterocycles. The molecule has 2 fully saturated rings. The molecule has 2 aliphatic rings. The predicted octanol–water partition coefficient (Wildman–Crippen LogP) is 21.9. The number of rotatable bonds is 19. The highest BCUT2D eigenvalue weighted by Gasteiger charge is 2.41. The first-order valence-corrected chi connectivity index (χ1v) is 47.3. The summed E-state index contributed by atoms with van der Waals surface area (Å²) < 4.78 is 27.8. The first kappa shape index (κ1) is 75.4. The summed E-state index contributed by atoms with van der Waals surface area (Å²) in [6.45, 7) is 58.2. The number of hydrogen-bond donors (Lipinski definition) is 2. The fourth-order valence-corrected chi connectivity index (χ4v) is 29.6. The lowest BCUT2D eigenvalue weighted by Crippen LogP contribution is -2.50. The lowest BCUT2D eigenvalue weighted by molar-refractivity contribution is -0.106. The summed E-state index contributed by atoms with van der Waals surface area (Å²) >= 11 is 2.30. The van der Waals surface area contributed by atoms with Crippen LogP contribution in [0.2, 0.25) is 70.5 Å². The van der Waals surface area contributed by atoms with Crippen LogP contribution >= 0.6 is 22.6 Å². The first-order valence-electron chi connectivity index (χ1n) is 35.6. The van der Waals surface area contributed by atoms with Gasteiger partial charge in [0.1, 0.15) is 11.5 Å². The number of aryl methyl sites for hydroxylation is 2. The standard InChI is InChI=1S/C38H55NO2Si2.C26H41NSi2.C12H15IO2.C4H11N/c1-25(2)42(10,26(3)4)30-16-18-32-33-19-17-31(43(11,27(5)6)28(7)8)24-35(33)39(34(32)23-30)36-22-29(9)15-20-37(36)41-38-14-12-13-21-40-38;1-17(2)28(9,18(3)4)21-11-13-23-24-14-12-22(16-26(24)27-25(23)15-21)29(10,19(5)6)20(7)8;1-9-5-6-11(10(13)8-9)15-12-4-2-3-7-14-12;1-3-4-5-2/h15-20,22-28,38H,12-14,21H2,1-11H3;11-20,27H,1-10H3;5-6,8,12H,2-4,7H2,1H3;5H,3-4H2,1-2H3. The Kier molecular flexibility index (Phi) is 26.5. The summed E-state index contributed by atoms with van der Waals surface area (Å²) in [4.78, 5) is 3.80. The van der Waals surface area contributed by atoms with Gasteiger partial charge in [-0.2, -0.15) is 0 Å². The van der Waals surface area contributed by atoms with Gasteiger partial charge in [0.15, 0.2) is 12.6 Å². The average Bonchev–Trinajstić information content (AvgIpc) is 1.57. The maximum atomic E-state index is 6.69. The summed E-state index contributed by atoms with van der Waals surface area (Å²) in [6.07, 6.45) is 7.56. The molecular weight excluding hydrogens is 1310 g/mol. The summed E-state index contributed by atoms with van der Waals surface area (Å²) in [6, 6.07) is 42.3. The summed E-state index contributed by atoms with van der Waals surface area (Å²) in [5.74, 6) is 1.85. The van der Waals surface area contributed by atoms with Crippen LogP contribution in [0.15, 0.2) is 109 Å². The van der Waals surface area contributed by atoms with Crippen molar-refractivity contribution in [2.45, 2.75) is 260 Å². The van der Waals surface area contributed by atoms with Gasteiger partial charge in [-0.05, 0) is 186 Å². The maximum absolute atomic E-state index is 6.69. The van der Waals surface area contributed by atoms with Gasteiger partial charge < -0.3 is 33.8 Å². The maximum Gasteiger partial charge on any atom is 0.199 e. The number of fused-ring (bicyclic) bond motifs is 6. The van der Waals surface area contributed by atoms with Crippen molar-refractivity contribution >= 4 is 119 Å². The van der Waals surface area contributed by atoms with Gasteiger partial charge in [-0.1, -0.05) is 225 Å².